The molecule has 1 aliphatic heterocycles. The van der Waals surface area contributed by atoms with E-state index in [1.807, 2.05) is 12.1 Å². The quantitative estimate of drug-likeness (QED) is 0.771. The normalized spacial score (nSPS) is 14.4. The van der Waals surface area contributed by atoms with Crippen molar-refractivity contribution in [3.63, 3.8) is 0 Å². The lowest BCUT2D eigenvalue weighted by Gasteiger charge is -2.37. The van der Waals surface area contributed by atoms with Crippen molar-refractivity contribution in [2.24, 2.45) is 0 Å². The van der Waals surface area contributed by atoms with Crippen LogP contribution in [0.3, 0.4) is 0 Å². The molecule has 0 saturated carbocycles. The number of nitrogens with one attached hydrogen (secondary N) is 1. The molecular formula is C18H19Cl2N3OS. The van der Waals surface area contributed by atoms with Crippen molar-refractivity contribution in [2.75, 3.05) is 43.5 Å². The molecule has 0 atom stereocenters. The molecule has 2 aromatic carbocycles. The number of methoxy groups -OCH3 is 1. The molecule has 0 amide bonds. The highest BCUT2D eigenvalue weighted by atomic mass is 35.5. The van der Waals surface area contributed by atoms with Crippen LogP contribution in [0.5, 0.6) is 5.75 Å². The number of ether oxygens (including phenoxy) is 1. The van der Waals surface area contributed by atoms with Gasteiger partial charge in [0, 0.05) is 43.0 Å². The Balaban J connectivity index is 1.60. The molecule has 1 saturated heterocycles. The van der Waals surface area contributed by atoms with E-state index in [0.717, 1.165) is 43.3 Å². The molecule has 0 aromatic heterocycles. The predicted octanol–water partition coefficient (Wildman–Crippen LogP) is 4.52. The number of piperazine rings is 1. The van der Waals surface area contributed by atoms with Crippen molar-refractivity contribution >= 4 is 51.9 Å². The largest absolute Gasteiger partial charge is 0.497 e. The molecular weight excluding hydrogens is 377 g/mol. The second kappa shape index (κ2) is 8.13. The number of anilines is 2. The SMILES string of the molecule is COc1cccc(N2CCN(C(=S)Nc3cc(Cl)ccc3Cl)CC2)c1. The molecule has 2 aromatic rings. The number of benzene rings is 2. The highest BCUT2D eigenvalue weighted by molar-refractivity contribution is 7.80. The maximum Gasteiger partial charge on any atom is 0.173 e. The topological polar surface area (TPSA) is 27.7 Å². The van der Waals surface area contributed by atoms with Gasteiger partial charge >= 0.3 is 0 Å². The molecule has 25 heavy (non-hydrogen) atoms. The van der Waals surface area contributed by atoms with Gasteiger partial charge in [-0.3, -0.25) is 0 Å². The minimum atomic E-state index is 0.599. The highest BCUT2D eigenvalue weighted by Gasteiger charge is 2.20. The molecule has 1 N–H and O–H groups in total. The summed E-state index contributed by atoms with van der Waals surface area (Å²) in [5.74, 6) is 0.868. The van der Waals surface area contributed by atoms with Crippen molar-refractivity contribution < 1.29 is 4.74 Å². The van der Waals surface area contributed by atoms with Gasteiger partial charge in [0.1, 0.15) is 5.75 Å². The average Bonchev–Trinajstić information content (AvgIpc) is 2.65. The second-order valence-corrected chi connectivity index (χ2v) is 6.96. The van der Waals surface area contributed by atoms with E-state index in [1.165, 1.54) is 0 Å². The first-order chi connectivity index (χ1) is 12.1. The van der Waals surface area contributed by atoms with E-state index in [4.69, 9.17) is 40.2 Å². The van der Waals surface area contributed by atoms with Crippen molar-refractivity contribution in [3.8, 4) is 5.75 Å². The van der Waals surface area contributed by atoms with Gasteiger partial charge in [0.25, 0.3) is 0 Å². The lowest BCUT2D eigenvalue weighted by atomic mass is 10.2. The third kappa shape index (κ3) is 4.48. The molecule has 0 bridgehead atoms. The van der Waals surface area contributed by atoms with E-state index in [0.29, 0.717) is 15.2 Å². The van der Waals surface area contributed by atoms with Crippen LogP contribution in [-0.4, -0.2) is 43.3 Å². The van der Waals surface area contributed by atoms with Crippen LogP contribution in [0.4, 0.5) is 11.4 Å². The van der Waals surface area contributed by atoms with Crippen molar-refractivity contribution in [1.29, 1.82) is 0 Å². The van der Waals surface area contributed by atoms with Gasteiger partial charge in [-0.15, -0.1) is 0 Å². The van der Waals surface area contributed by atoms with Crippen molar-refractivity contribution in [3.05, 3.63) is 52.5 Å². The summed E-state index contributed by atoms with van der Waals surface area (Å²) in [6.07, 6.45) is 0. The third-order valence-electron chi connectivity index (χ3n) is 4.16. The fraction of sp³-hybridized carbons (Fsp3) is 0.278. The Labute approximate surface area is 163 Å². The molecule has 4 nitrogen and oxygen atoms in total. The molecule has 1 aliphatic rings. The predicted molar refractivity (Wildman–Crippen MR) is 109 cm³/mol. The Kier molecular flexibility index (Phi) is 5.89. The van der Waals surface area contributed by atoms with Crippen LogP contribution in [-0.2, 0) is 0 Å². The van der Waals surface area contributed by atoms with Gasteiger partial charge < -0.3 is 19.9 Å². The van der Waals surface area contributed by atoms with Crippen LogP contribution in [0, 0.1) is 0 Å². The molecule has 0 aliphatic carbocycles. The first-order valence-corrected chi connectivity index (χ1v) is 9.13. The molecule has 0 spiro atoms. The van der Waals surface area contributed by atoms with Gasteiger partial charge in [0.2, 0.25) is 0 Å². The number of hydrogen-bond acceptors (Lipinski definition) is 3. The smallest absolute Gasteiger partial charge is 0.173 e. The van der Waals surface area contributed by atoms with E-state index >= 15 is 0 Å². The maximum atomic E-state index is 6.19. The van der Waals surface area contributed by atoms with E-state index in [2.05, 4.69) is 27.2 Å². The molecule has 3 rings (SSSR count). The third-order valence-corrected chi connectivity index (χ3v) is 5.08. The Morgan fingerprint density at radius 3 is 2.56 bits per heavy atom. The number of thiocarbonyl (C=S) groups is 1. The summed E-state index contributed by atoms with van der Waals surface area (Å²) in [6, 6.07) is 13.4. The summed E-state index contributed by atoms with van der Waals surface area (Å²) >= 11 is 17.7. The minimum Gasteiger partial charge on any atom is -0.497 e. The lowest BCUT2D eigenvalue weighted by Crippen LogP contribution is -2.50. The zero-order chi connectivity index (χ0) is 17.8. The zero-order valence-electron chi connectivity index (χ0n) is 13.8. The van der Waals surface area contributed by atoms with Gasteiger partial charge in [-0.25, -0.2) is 0 Å². The monoisotopic (exact) mass is 395 g/mol. The van der Waals surface area contributed by atoms with Gasteiger partial charge in [0.05, 0.1) is 17.8 Å². The fourth-order valence-electron chi connectivity index (χ4n) is 2.76. The number of rotatable bonds is 3. The van der Waals surface area contributed by atoms with Crippen LogP contribution < -0.4 is 15.0 Å². The van der Waals surface area contributed by atoms with Crippen LogP contribution in [0.2, 0.25) is 10.0 Å². The summed E-state index contributed by atoms with van der Waals surface area (Å²) in [5.41, 5.74) is 1.89. The summed E-state index contributed by atoms with van der Waals surface area (Å²) in [6.45, 7) is 3.44. The first-order valence-electron chi connectivity index (χ1n) is 7.97. The summed E-state index contributed by atoms with van der Waals surface area (Å²) in [7, 11) is 1.68. The number of hydrogen-bond donors (Lipinski definition) is 1. The highest BCUT2D eigenvalue weighted by Crippen LogP contribution is 2.26. The molecule has 132 valence electrons. The minimum absolute atomic E-state index is 0.599. The van der Waals surface area contributed by atoms with Gasteiger partial charge in [0.15, 0.2) is 5.11 Å². The van der Waals surface area contributed by atoms with Crippen molar-refractivity contribution in [2.45, 2.75) is 0 Å². The summed E-state index contributed by atoms with van der Waals surface area (Å²) in [4.78, 5) is 4.47. The van der Waals surface area contributed by atoms with Crippen molar-refractivity contribution in [1.82, 2.24) is 4.90 Å². The van der Waals surface area contributed by atoms with E-state index < -0.39 is 0 Å². The molecule has 7 heteroatoms. The average molecular weight is 396 g/mol. The van der Waals surface area contributed by atoms with E-state index in [9.17, 15) is 0 Å². The molecule has 1 heterocycles. The summed E-state index contributed by atoms with van der Waals surface area (Å²) in [5, 5.41) is 5.08. The van der Waals surface area contributed by atoms with E-state index in [1.54, 1.807) is 25.3 Å². The fourth-order valence-corrected chi connectivity index (χ4v) is 3.39. The second-order valence-electron chi connectivity index (χ2n) is 5.73. The molecule has 0 radical (unpaired) electrons. The molecule has 0 unspecified atom stereocenters. The Morgan fingerprint density at radius 1 is 1.08 bits per heavy atom. The Morgan fingerprint density at radius 2 is 1.84 bits per heavy atom. The van der Waals surface area contributed by atoms with Crippen LogP contribution in [0.15, 0.2) is 42.5 Å². The van der Waals surface area contributed by atoms with Gasteiger partial charge in [-0.2, -0.15) is 0 Å². The number of nitrogens with zero attached hydrogens (tertiary/aromatic N) is 2. The number of halogens is 2. The van der Waals surface area contributed by atoms with Gasteiger partial charge in [-0.05, 0) is 42.5 Å². The Bertz CT molecular complexity index is 764. The Hall–Kier alpha value is -1.69. The zero-order valence-corrected chi connectivity index (χ0v) is 16.2. The van der Waals surface area contributed by atoms with E-state index in [-0.39, 0.29) is 0 Å². The van der Waals surface area contributed by atoms with Gasteiger partial charge in [-0.1, -0.05) is 29.3 Å². The molecule has 1 fully saturated rings. The van der Waals surface area contributed by atoms with Crippen LogP contribution in [0.25, 0.3) is 0 Å². The van der Waals surface area contributed by atoms with Crippen LogP contribution in [0.1, 0.15) is 0 Å². The lowest BCUT2D eigenvalue weighted by molar-refractivity contribution is 0.389. The summed E-state index contributed by atoms with van der Waals surface area (Å²) < 4.78 is 5.30. The maximum absolute atomic E-state index is 6.19. The standard InChI is InChI=1S/C18H19Cl2N3OS/c1-24-15-4-2-3-14(12-15)22-7-9-23(10-8-22)18(25)21-17-11-13(19)5-6-16(17)20/h2-6,11-12H,7-10H2,1H3,(H,21,25). The van der Waals surface area contributed by atoms with Crippen LogP contribution >= 0.6 is 35.4 Å². The first kappa shape index (κ1) is 18.1.